The second-order valence-corrected chi connectivity index (χ2v) is 6.74. The molecule has 0 saturated carbocycles. The molecule has 4 rings (SSSR count). The van der Waals surface area contributed by atoms with Crippen molar-refractivity contribution < 1.29 is 9.53 Å². The number of anilines is 1. The number of pyridine rings is 2. The third kappa shape index (κ3) is 4.50. The summed E-state index contributed by atoms with van der Waals surface area (Å²) in [7, 11) is 1.51. The summed E-state index contributed by atoms with van der Waals surface area (Å²) in [6.07, 6.45) is 5.24. The van der Waals surface area contributed by atoms with Gasteiger partial charge in [-0.3, -0.25) is 24.1 Å². The lowest BCUT2D eigenvalue weighted by Crippen LogP contribution is -2.28. The van der Waals surface area contributed by atoms with Crippen LogP contribution in [0.5, 0.6) is 5.75 Å². The number of H-pyrrole nitrogens is 2. The van der Waals surface area contributed by atoms with E-state index >= 15 is 0 Å². The molecule has 11 heteroatoms. The lowest BCUT2D eigenvalue weighted by molar-refractivity contribution is -0.116. The third-order valence-electron chi connectivity index (χ3n) is 4.56. The summed E-state index contributed by atoms with van der Waals surface area (Å²) in [6.45, 7) is 0.309. The van der Waals surface area contributed by atoms with Gasteiger partial charge in [0.05, 0.1) is 0 Å². The Labute approximate surface area is 175 Å². The molecule has 158 valence electrons. The smallest absolute Gasteiger partial charge is 0.329 e. The van der Waals surface area contributed by atoms with Crippen molar-refractivity contribution in [2.45, 2.75) is 19.4 Å². The quantitative estimate of drug-likeness (QED) is 0.401. The number of carbonyl (C=O) groups excluding carboxylic acids is 1. The molecular formula is C20H19N7O4. The first-order valence-electron chi connectivity index (χ1n) is 9.46. The number of nitrogens with zero attached hydrogens (tertiary/aromatic N) is 4. The molecule has 11 nitrogen and oxygen atoms in total. The first-order valence-corrected chi connectivity index (χ1v) is 9.46. The van der Waals surface area contributed by atoms with E-state index < -0.39 is 11.2 Å². The van der Waals surface area contributed by atoms with Gasteiger partial charge in [0.2, 0.25) is 5.91 Å². The molecule has 0 aliphatic heterocycles. The Balaban J connectivity index is 1.41. The summed E-state index contributed by atoms with van der Waals surface area (Å²) >= 11 is 0. The van der Waals surface area contributed by atoms with Gasteiger partial charge in [-0.1, -0.05) is 0 Å². The van der Waals surface area contributed by atoms with Crippen LogP contribution in [0, 0.1) is 0 Å². The van der Waals surface area contributed by atoms with Crippen LogP contribution in [0.3, 0.4) is 0 Å². The lowest BCUT2D eigenvalue weighted by Gasteiger charge is -2.11. The molecule has 0 saturated heterocycles. The molecule has 0 aromatic carbocycles. The predicted molar refractivity (Wildman–Crippen MR) is 112 cm³/mol. The van der Waals surface area contributed by atoms with Gasteiger partial charge < -0.3 is 15.0 Å². The van der Waals surface area contributed by atoms with Gasteiger partial charge >= 0.3 is 5.69 Å². The predicted octanol–water partition coefficient (Wildman–Crippen LogP) is 0.890. The average Bonchev–Trinajstić information content (AvgIpc) is 3.22. The van der Waals surface area contributed by atoms with Crippen LogP contribution in [0.2, 0.25) is 0 Å². The minimum atomic E-state index is -0.553. The highest BCUT2D eigenvalue weighted by Crippen LogP contribution is 2.22. The Morgan fingerprint density at radius 1 is 1.16 bits per heavy atom. The van der Waals surface area contributed by atoms with Crippen LogP contribution in [0.1, 0.15) is 17.8 Å². The molecule has 0 atom stereocenters. The minimum Gasteiger partial charge on any atom is -0.485 e. The number of aryl methyl sites for hydroxylation is 2. The maximum absolute atomic E-state index is 12.4. The van der Waals surface area contributed by atoms with Gasteiger partial charge in [0.25, 0.3) is 5.56 Å². The first kappa shape index (κ1) is 20.0. The van der Waals surface area contributed by atoms with Crippen molar-refractivity contribution in [2.24, 2.45) is 7.05 Å². The van der Waals surface area contributed by atoms with Crippen LogP contribution in [0.15, 0.2) is 52.4 Å². The SMILES string of the molecule is Cn1c(=O)[nH]c(=O)c2[nH]c(CCC(=O)Nc3ncccc3OCc3ccncc3)nc21. The number of hydrogen-bond donors (Lipinski definition) is 3. The van der Waals surface area contributed by atoms with Crippen molar-refractivity contribution in [1.82, 2.24) is 29.5 Å². The second-order valence-electron chi connectivity index (χ2n) is 6.74. The number of ether oxygens (including phenoxy) is 1. The summed E-state index contributed by atoms with van der Waals surface area (Å²) in [5.41, 5.74) is 0.258. The number of imidazole rings is 1. The number of nitrogens with one attached hydrogen (secondary N) is 3. The van der Waals surface area contributed by atoms with E-state index in [4.69, 9.17) is 4.74 Å². The maximum atomic E-state index is 12.4. The van der Waals surface area contributed by atoms with Crippen molar-refractivity contribution in [3.05, 3.63) is 75.1 Å². The van der Waals surface area contributed by atoms with Gasteiger partial charge in [0.1, 0.15) is 17.9 Å². The summed E-state index contributed by atoms with van der Waals surface area (Å²) < 4.78 is 7.00. The molecule has 0 bridgehead atoms. The number of aromatic nitrogens is 6. The Bertz CT molecular complexity index is 1340. The molecular weight excluding hydrogens is 402 g/mol. The molecule has 31 heavy (non-hydrogen) atoms. The zero-order valence-corrected chi connectivity index (χ0v) is 16.6. The number of rotatable bonds is 7. The fraction of sp³-hybridized carbons (Fsp3) is 0.200. The molecule has 0 aliphatic carbocycles. The number of hydrogen-bond acceptors (Lipinski definition) is 7. The Morgan fingerprint density at radius 2 is 1.97 bits per heavy atom. The number of fused-ring (bicyclic) bond motifs is 1. The monoisotopic (exact) mass is 421 g/mol. The van der Waals surface area contributed by atoms with Crippen LogP contribution in [0.4, 0.5) is 5.82 Å². The van der Waals surface area contributed by atoms with E-state index in [1.807, 2.05) is 12.1 Å². The van der Waals surface area contributed by atoms with Gasteiger partial charge in [-0.05, 0) is 29.8 Å². The van der Waals surface area contributed by atoms with E-state index in [0.29, 0.717) is 24.0 Å². The molecule has 4 heterocycles. The van der Waals surface area contributed by atoms with Crippen molar-refractivity contribution in [1.29, 1.82) is 0 Å². The standard InChI is InChI=1S/C20H19N7O4/c1-27-18-16(19(29)26-20(27)30)23-14(24-18)4-5-15(28)25-17-13(3-2-8-22-17)31-11-12-6-9-21-10-7-12/h2-3,6-10H,4-5,11H2,1H3,(H,23,24)(H,22,25,28)(H,26,29,30). The molecule has 0 radical (unpaired) electrons. The van der Waals surface area contributed by atoms with Crippen LogP contribution in [0.25, 0.3) is 11.2 Å². The third-order valence-corrected chi connectivity index (χ3v) is 4.56. The zero-order chi connectivity index (χ0) is 21.8. The van der Waals surface area contributed by atoms with E-state index in [0.717, 1.165) is 5.56 Å². The van der Waals surface area contributed by atoms with Gasteiger partial charge in [-0.15, -0.1) is 0 Å². The van der Waals surface area contributed by atoms with Crippen LogP contribution < -0.4 is 21.3 Å². The number of amides is 1. The molecule has 0 aliphatic rings. The van der Waals surface area contributed by atoms with E-state index in [1.165, 1.54) is 11.6 Å². The van der Waals surface area contributed by atoms with Crippen molar-refractivity contribution in [3.63, 3.8) is 0 Å². The highest BCUT2D eigenvalue weighted by molar-refractivity contribution is 5.91. The zero-order valence-electron chi connectivity index (χ0n) is 16.6. The molecule has 0 spiro atoms. The first-order chi connectivity index (χ1) is 15.0. The highest BCUT2D eigenvalue weighted by atomic mass is 16.5. The van der Waals surface area contributed by atoms with E-state index in [1.54, 1.807) is 30.7 Å². The summed E-state index contributed by atoms with van der Waals surface area (Å²) in [4.78, 5) is 53.5. The summed E-state index contributed by atoms with van der Waals surface area (Å²) in [5.74, 6) is 0.880. The van der Waals surface area contributed by atoms with E-state index in [9.17, 15) is 14.4 Å². The van der Waals surface area contributed by atoms with Crippen LogP contribution >= 0.6 is 0 Å². The largest absolute Gasteiger partial charge is 0.485 e. The van der Waals surface area contributed by atoms with Gasteiger partial charge in [-0.25, -0.2) is 14.8 Å². The van der Waals surface area contributed by atoms with Crippen molar-refractivity contribution in [2.75, 3.05) is 5.32 Å². The molecule has 4 aromatic rings. The molecule has 4 aromatic heterocycles. The molecule has 3 N–H and O–H groups in total. The number of aromatic amines is 2. The molecule has 0 unspecified atom stereocenters. The van der Waals surface area contributed by atoms with E-state index in [2.05, 4.69) is 30.2 Å². The summed E-state index contributed by atoms with van der Waals surface area (Å²) in [5, 5.41) is 2.73. The van der Waals surface area contributed by atoms with Crippen molar-refractivity contribution >= 4 is 22.9 Å². The van der Waals surface area contributed by atoms with Gasteiger partial charge in [0.15, 0.2) is 17.2 Å². The second kappa shape index (κ2) is 8.61. The van der Waals surface area contributed by atoms with Crippen LogP contribution in [-0.4, -0.2) is 35.4 Å². The van der Waals surface area contributed by atoms with Gasteiger partial charge in [-0.2, -0.15) is 0 Å². The minimum absolute atomic E-state index is 0.0893. The topological polar surface area (TPSA) is 148 Å². The maximum Gasteiger partial charge on any atom is 0.329 e. The summed E-state index contributed by atoms with van der Waals surface area (Å²) in [6, 6.07) is 7.11. The molecule has 1 amide bonds. The fourth-order valence-corrected chi connectivity index (χ4v) is 2.94. The average molecular weight is 421 g/mol. The normalized spacial score (nSPS) is 10.9. The fourth-order valence-electron chi connectivity index (χ4n) is 2.94. The number of carbonyl (C=O) groups is 1. The van der Waals surface area contributed by atoms with Crippen LogP contribution in [-0.2, 0) is 24.9 Å². The van der Waals surface area contributed by atoms with Gasteiger partial charge in [0, 0.05) is 38.5 Å². The Morgan fingerprint density at radius 3 is 2.77 bits per heavy atom. The van der Waals surface area contributed by atoms with Crippen molar-refractivity contribution in [3.8, 4) is 5.75 Å². The Hall–Kier alpha value is -4.28. The van der Waals surface area contributed by atoms with E-state index in [-0.39, 0.29) is 29.9 Å². The lowest BCUT2D eigenvalue weighted by atomic mass is 10.3. The molecule has 0 fully saturated rings. The Kier molecular flexibility index (Phi) is 5.56. The highest BCUT2D eigenvalue weighted by Gasteiger charge is 2.13.